The van der Waals surface area contributed by atoms with Crippen LogP contribution in [0.3, 0.4) is 0 Å². The quantitative estimate of drug-likeness (QED) is 0.701. The summed E-state index contributed by atoms with van der Waals surface area (Å²) in [7, 11) is 1.69. The Morgan fingerprint density at radius 3 is 2.28 bits per heavy atom. The van der Waals surface area contributed by atoms with Crippen molar-refractivity contribution in [1.29, 1.82) is 0 Å². The zero-order valence-electron chi connectivity index (χ0n) is 14.7. The number of nitrogens with zero attached hydrogens (tertiary/aromatic N) is 2. The predicted molar refractivity (Wildman–Crippen MR) is 103 cm³/mol. The smallest absolute Gasteiger partial charge is 0.242 e. The largest absolute Gasteiger partial charge is 0.370 e. The maximum Gasteiger partial charge on any atom is 0.242 e. The van der Waals surface area contributed by atoms with E-state index in [2.05, 4.69) is 29.2 Å². The van der Waals surface area contributed by atoms with Crippen LogP contribution in [0.25, 0.3) is 10.8 Å². The third kappa shape index (κ3) is 3.52. The lowest BCUT2D eigenvalue weighted by Crippen LogP contribution is -2.22. The van der Waals surface area contributed by atoms with Gasteiger partial charge in [-0.05, 0) is 29.1 Å². The Hall–Kier alpha value is -2.37. The molecule has 0 radical (unpaired) electrons. The summed E-state index contributed by atoms with van der Waals surface area (Å²) in [5.41, 5.74) is 2.08. The fourth-order valence-electron chi connectivity index (χ4n) is 2.92. The van der Waals surface area contributed by atoms with Crippen molar-refractivity contribution in [1.82, 2.24) is 4.31 Å². The summed E-state index contributed by atoms with van der Waals surface area (Å²) in [5, 5.41) is 2.38. The van der Waals surface area contributed by atoms with Crippen LogP contribution in [0.5, 0.6) is 0 Å². The van der Waals surface area contributed by atoms with E-state index >= 15 is 0 Å². The van der Waals surface area contributed by atoms with Crippen LogP contribution in [0.1, 0.15) is 5.56 Å². The summed E-state index contributed by atoms with van der Waals surface area (Å²) in [5.74, 6) is 0. The van der Waals surface area contributed by atoms with Gasteiger partial charge in [-0.15, -0.1) is 0 Å². The molecule has 0 saturated carbocycles. The molecular weight excluding hydrogens is 332 g/mol. The van der Waals surface area contributed by atoms with E-state index in [0.717, 1.165) is 11.3 Å². The molecule has 4 nitrogen and oxygen atoms in total. The van der Waals surface area contributed by atoms with Gasteiger partial charge in [0.15, 0.2) is 0 Å². The highest BCUT2D eigenvalue weighted by Gasteiger charge is 2.17. The predicted octanol–water partition coefficient (Wildman–Crippen LogP) is 3.73. The molecule has 0 aliphatic carbocycles. The van der Waals surface area contributed by atoms with Crippen LogP contribution in [-0.2, 0) is 16.6 Å². The highest BCUT2D eigenvalue weighted by atomic mass is 32.2. The minimum atomic E-state index is -3.42. The lowest BCUT2D eigenvalue weighted by Gasteiger charge is -2.22. The van der Waals surface area contributed by atoms with E-state index in [0.29, 0.717) is 11.4 Å². The minimum absolute atomic E-state index is 0.321. The van der Waals surface area contributed by atoms with Crippen molar-refractivity contribution in [3.05, 3.63) is 72.3 Å². The van der Waals surface area contributed by atoms with E-state index in [1.807, 2.05) is 31.3 Å². The first-order valence-electron chi connectivity index (χ1n) is 8.10. The second-order valence-corrected chi connectivity index (χ2v) is 8.44. The van der Waals surface area contributed by atoms with Crippen LogP contribution in [-0.4, -0.2) is 33.9 Å². The highest BCUT2D eigenvalue weighted by molar-refractivity contribution is 7.89. The van der Waals surface area contributed by atoms with Crippen molar-refractivity contribution in [3.8, 4) is 0 Å². The maximum absolute atomic E-state index is 12.3. The molecule has 0 saturated heterocycles. The Kier molecular flexibility index (Phi) is 4.79. The fourth-order valence-corrected chi connectivity index (χ4v) is 3.89. The summed E-state index contributed by atoms with van der Waals surface area (Å²) in [6.45, 7) is 0.630. The van der Waals surface area contributed by atoms with Gasteiger partial charge in [0, 0.05) is 38.8 Å². The van der Waals surface area contributed by atoms with E-state index in [9.17, 15) is 8.42 Å². The molecule has 0 aliphatic rings. The molecular formula is C20H22N2O2S. The molecule has 25 heavy (non-hydrogen) atoms. The molecule has 0 unspecified atom stereocenters. The average molecular weight is 354 g/mol. The Morgan fingerprint density at radius 2 is 1.52 bits per heavy atom. The Balaban J connectivity index is 1.92. The van der Waals surface area contributed by atoms with Crippen molar-refractivity contribution >= 4 is 26.5 Å². The molecule has 130 valence electrons. The van der Waals surface area contributed by atoms with Crippen molar-refractivity contribution in [2.45, 2.75) is 11.4 Å². The van der Waals surface area contributed by atoms with Crippen LogP contribution in [0.2, 0.25) is 0 Å². The van der Waals surface area contributed by atoms with Gasteiger partial charge in [-0.3, -0.25) is 0 Å². The number of rotatable bonds is 5. The van der Waals surface area contributed by atoms with Gasteiger partial charge in [-0.2, -0.15) is 0 Å². The molecule has 3 rings (SSSR count). The molecule has 0 heterocycles. The molecule has 3 aromatic carbocycles. The van der Waals surface area contributed by atoms with E-state index < -0.39 is 10.0 Å². The summed E-state index contributed by atoms with van der Waals surface area (Å²) in [6.07, 6.45) is 0. The number of fused-ring (bicyclic) bond motifs is 1. The van der Waals surface area contributed by atoms with Crippen LogP contribution in [0.15, 0.2) is 71.6 Å². The summed E-state index contributed by atoms with van der Waals surface area (Å²) in [6, 6.07) is 21.6. The number of anilines is 1. The molecule has 0 amide bonds. The van der Waals surface area contributed by atoms with Gasteiger partial charge in [0.05, 0.1) is 4.90 Å². The number of benzene rings is 3. The summed E-state index contributed by atoms with van der Waals surface area (Å²) in [4.78, 5) is 2.46. The van der Waals surface area contributed by atoms with Crippen LogP contribution in [0.4, 0.5) is 5.69 Å². The molecule has 0 spiro atoms. The zero-order chi connectivity index (χ0) is 18.0. The molecule has 0 fully saturated rings. The summed E-state index contributed by atoms with van der Waals surface area (Å²) >= 11 is 0. The molecule has 0 N–H and O–H groups in total. The molecule has 0 aliphatic heterocycles. The number of hydrogen-bond acceptors (Lipinski definition) is 3. The molecule has 0 aromatic heterocycles. The van der Waals surface area contributed by atoms with Gasteiger partial charge >= 0.3 is 0 Å². The van der Waals surface area contributed by atoms with Gasteiger partial charge in [0.2, 0.25) is 10.0 Å². The SMILES string of the molecule is CN(Cc1cccc(S(=O)(=O)N(C)C)c1)c1cccc2ccccc12. The first-order chi connectivity index (χ1) is 11.9. The van der Waals surface area contributed by atoms with Gasteiger partial charge in [-0.25, -0.2) is 12.7 Å². The van der Waals surface area contributed by atoms with Gasteiger partial charge in [0.1, 0.15) is 0 Å². The number of sulfonamides is 1. The van der Waals surface area contributed by atoms with E-state index in [-0.39, 0.29) is 0 Å². The first kappa shape index (κ1) is 17.5. The van der Waals surface area contributed by atoms with Crippen LogP contribution >= 0.6 is 0 Å². The van der Waals surface area contributed by atoms with Gasteiger partial charge < -0.3 is 4.90 Å². The standard InChI is InChI=1S/C20H22N2O2S/c1-21(2)25(23,24)18-11-6-8-16(14-18)15-22(3)20-13-7-10-17-9-4-5-12-19(17)20/h4-14H,15H2,1-3H3. The molecule has 5 heteroatoms. The Bertz CT molecular complexity index is 992. The fraction of sp³-hybridized carbons (Fsp3) is 0.200. The minimum Gasteiger partial charge on any atom is -0.370 e. The first-order valence-corrected chi connectivity index (χ1v) is 9.54. The second kappa shape index (κ2) is 6.86. The highest BCUT2D eigenvalue weighted by Crippen LogP contribution is 2.27. The average Bonchev–Trinajstić information content (AvgIpc) is 2.61. The normalized spacial score (nSPS) is 11.8. The van der Waals surface area contributed by atoms with Gasteiger partial charge in [0.25, 0.3) is 0 Å². The van der Waals surface area contributed by atoms with Crippen molar-refractivity contribution in [2.24, 2.45) is 0 Å². The lowest BCUT2D eigenvalue weighted by molar-refractivity contribution is 0.520. The Labute approximate surface area is 149 Å². The second-order valence-electron chi connectivity index (χ2n) is 6.29. The summed E-state index contributed by atoms with van der Waals surface area (Å²) < 4.78 is 25.9. The molecule has 0 atom stereocenters. The zero-order valence-corrected chi connectivity index (χ0v) is 15.5. The molecule has 3 aromatic rings. The van der Waals surface area contributed by atoms with Crippen LogP contribution in [0, 0.1) is 0 Å². The van der Waals surface area contributed by atoms with E-state index in [4.69, 9.17) is 0 Å². The van der Waals surface area contributed by atoms with Gasteiger partial charge in [-0.1, -0.05) is 48.5 Å². The van der Waals surface area contributed by atoms with Crippen molar-refractivity contribution in [2.75, 3.05) is 26.0 Å². The molecule has 0 bridgehead atoms. The lowest BCUT2D eigenvalue weighted by atomic mass is 10.1. The third-order valence-corrected chi connectivity index (χ3v) is 6.09. The van der Waals surface area contributed by atoms with Crippen molar-refractivity contribution in [3.63, 3.8) is 0 Å². The topological polar surface area (TPSA) is 40.6 Å². The maximum atomic E-state index is 12.3. The van der Waals surface area contributed by atoms with Crippen molar-refractivity contribution < 1.29 is 8.42 Å². The Morgan fingerprint density at radius 1 is 0.840 bits per heavy atom. The number of hydrogen-bond donors (Lipinski definition) is 0. The third-order valence-electron chi connectivity index (χ3n) is 4.27. The van der Waals surface area contributed by atoms with E-state index in [1.54, 1.807) is 32.3 Å². The van der Waals surface area contributed by atoms with Crippen LogP contribution < -0.4 is 4.90 Å². The van der Waals surface area contributed by atoms with E-state index in [1.165, 1.54) is 15.1 Å². The monoisotopic (exact) mass is 354 g/mol.